The first-order valence-corrected chi connectivity index (χ1v) is 9.40. The van der Waals surface area contributed by atoms with Gasteiger partial charge < -0.3 is 4.90 Å². The van der Waals surface area contributed by atoms with Crippen LogP contribution < -0.4 is 10.4 Å². The average Bonchev–Trinajstić information content (AvgIpc) is 3.15. The number of likely N-dealkylation sites (tertiary alicyclic amines) is 1. The number of carbonyl (C=O) groups is 2. The van der Waals surface area contributed by atoms with E-state index in [-0.39, 0.29) is 30.1 Å². The second kappa shape index (κ2) is 7.41. The molecule has 2 aliphatic heterocycles. The molecule has 2 N–H and O–H groups in total. The number of aryl methyl sites for hydroxylation is 2. The maximum Gasteiger partial charge on any atom is 0.290 e. The van der Waals surface area contributed by atoms with Gasteiger partial charge in [-0.25, -0.2) is 9.99 Å². The molecule has 146 valence electrons. The number of amides is 2. The summed E-state index contributed by atoms with van der Waals surface area (Å²) in [6, 6.07) is 7.53. The van der Waals surface area contributed by atoms with Gasteiger partial charge in [-0.3, -0.25) is 25.1 Å². The Morgan fingerprint density at radius 2 is 2.00 bits per heavy atom. The molecule has 1 saturated heterocycles. The van der Waals surface area contributed by atoms with Crippen LogP contribution >= 0.6 is 0 Å². The van der Waals surface area contributed by atoms with E-state index in [0.29, 0.717) is 18.8 Å². The van der Waals surface area contributed by atoms with Crippen molar-refractivity contribution in [3.63, 3.8) is 0 Å². The number of nitrogens with zero attached hydrogens (tertiary/aromatic N) is 5. The predicted molar refractivity (Wildman–Crippen MR) is 104 cm³/mol. The Balaban J connectivity index is 1.48. The van der Waals surface area contributed by atoms with Crippen LogP contribution in [0.5, 0.6) is 0 Å². The largest absolute Gasteiger partial charge is 0.335 e. The minimum Gasteiger partial charge on any atom is -0.335 e. The van der Waals surface area contributed by atoms with Crippen molar-refractivity contribution in [2.75, 3.05) is 24.6 Å². The normalized spacial score (nSPS) is 20.0. The molecule has 0 bridgehead atoms. The number of aromatic amines is 1. The van der Waals surface area contributed by atoms with Gasteiger partial charge in [0.05, 0.1) is 5.69 Å². The zero-order chi connectivity index (χ0) is 19.7. The maximum absolute atomic E-state index is 13.0. The van der Waals surface area contributed by atoms with Gasteiger partial charge in [-0.2, -0.15) is 5.10 Å². The highest BCUT2D eigenvalue weighted by atomic mass is 16.2. The molecule has 2 amide bonds. The van der Waals surface area contributed by atoms with Gasteiger partial charge in [0.15, 0.2) is 5.82 Å². The van der Waals surface area contributed by atoms with Gasteiger partial charge in [0.25, 0.3) is 11.8 Å². The Labute approximate surface area is 162 Å². The number of hydrogen-bond acceptors (Lipinski definition) is 6. The number of aromatic nitrogens is 3. The van der Waals surface area contributed by atoms with Gasteiger partial charge in [-0.05, 0) is 38.8 Å². The highest BCUT2D eigenvalue weighted by Gasteiger charge is 2.32. The molecule has 1 atom stereocenters. The van der Waals surface area contributed by atoms with Crippen LogP contribution in [-0.4, -0.2) is 57.4 Å². The molecule has 4 rings (SSSR count). The van der Waals surface area contributed by atoms with Crippen molar-refractivity contribution in [2.24, 2.45) is 4.99 Å². The summed E-state index contributed by atoms with van der Waals surface area (Å²) in [4.78, 5) is 35.6. The average molecular weight is 381 g/mol. The van der Waals surface area contributed by atoms with E-state index in [2.05, 4.69) is 25.6 Å². The van der Waals surface area contributed by atoms with Crippen molar-refractivity contribution in [1.82, 2.24) is 25.5 Å². The second-order valence-electron chi connectivity index (χ2n) is 7.21. The third kappa shape index (κ3) is 3.60. The zero-order valence-corrected chi connectivity index (χ0v) is 16.0. The van der Waals surface area contributed by atoms with Crippen molar-refractivity contribution in [3.8, 4) is 0 Å². The standard InChI is InChI=1S/C19H23N7O2/c1-12-5-7-15(8-6-12)26-16(27)10-20-18(24-26)19(28)25-9-3-4-14(11-25)17-21-13(2)22-23-17/h5-8,14H,3-4,9-11H2,1-2H3,(H,20,24)(H,21,22,23). The third-order valence-electron chi connectivity index (χ3n) is 5.02. The Hall–Kier alpha value is -3.23. The Morgan fingerprint density at radius 3 is 2.71 bits per heavy atom. The number of anilines is 1. The van der Waals surface area contributed by atoms with Crippen LogP contribution in [0.25, 0.3) is 0 Å². The minimum absolute atomic E-state index is 0.0562. The minimum atomic E-state index is -0.207. The number of hydrogen-bond donors (Lipinski definition) is 2. The molecule has 2 aromatic rings. The van der Waals surface area contributed by atoms with Crippen molar-refractivity contribution in [3.05, 3.63) is 41.5 Å². The molecule has 1 aromatic carbocycles. The van der Waals surface area contributed by atoms with E-state index in [9.17, 15) is 9.59 Å². The third-order valence-corrected chi connectivity index (χ3v) is 5.02. The number of nitrogens with one attached hydrogen (secondary N) is 2. The lowest BCUT2D eigenvalue weighted by molar-refractivity contribution is -0.125. The Morgan fingerprint density at radius 1 is 1.21 bits per heavy atom. The molecular formula is C19H23N7O2. The van der Waals surface area contributed by atoms with E-state index in [0.717, 1.165) is 30.1 Å². The monoisotopic (exact) mass is 381 g/mol. The summed E-state index contributed by atoms with van der Waals surface area (Å²) in [7, 11) is 0. The number of hydrazine groups is 1. The molecule has 0 radical (unpaired) electrons. The Bertz CT molecular complexity index is 919. The lowest BCUT2D eigenvalue weighted by Crippen LogP contribution is -2.57. The molecule has 9 nitrogen and oxygen atoms in total. The molecule has 1 unspecified atom stereocenters. The molecule has 1 fully saturated rings. The first-order chi connectivity index (χ1) is 13.5. The van der Waals surface area contributed by atoms with Gasteiger partial charge in [0.2, 0.25) is 5.84 Å². The topological polar surface area (TPSA) is 107 Å². The number of aliphatic imine (C=N–C) groups is 1. The fourth-order valence-electron chi connectivity index (χ4n) is 3.50. The quantitative estimate of drug-likeness (QED) is 0.827. The summed E-state index contributed by atoms with van der Waals surface area (Å²) in [5, 5.41) is 8.49. The molecule has 0 saturated carbocycles. The van der Waals surface area contributed by atoms with Crippen LogP contribution in [-0.2, 0) is 9.59 Å². The molecule has 1 aromatic heterocycles. The fraction of sp³-hybridized carbons (Fsp3) is 0.421. The summed E-state index contributed by atoms with van der Waals surface area (Å²) in [6.45, 7) is 4.97. The van der Waals surface area contributed by atoms with E-state index in [4.69, 9.17) is 0 Å². The smallest absolute Gasteiger partial charge is 0.290 e. The van der Waals surface area contributed by atoms with Gasteiger partial charge in [-0.15, -0.1) is 0 Å². The summed E-state index contributed by atoms with van der Waals surface area (Å²) in [5.74, 6) is 1.39. The predicted octanol–water partition coefficient (Wildman–Crippen LogP) is 1.08. The van der Waals surface area contributed by atoms with Crippen molar-refractivity contribution in [2.45, 2.75) is 32.6 Å². The lowest BCUT2D eigenvalue weighted by atomic mass is 9.97. The summed E-state index contributed by atoms with van der Waals surface area (Å²) < 4.78 is 0. The van der Waals surface area contributed by atoms with Gasteiger partial charge in [0.1, 0.15) is 12.4 Å². The second-order valence-corrected chi connectivity index (χ2v) is 7.21. The van der Waals surface area contributed by atoms with E-state index >= 15 is 0 Å². The van der Waals surface area contributed by atoms with E-state index in [1.54, 1.807) is 4.90 Å². The van der Waals surface area contributed by atoms with Crippen LogP contribution in [0.2, 0.25) is 0 Å². The molecule has 28 heavy (non-hydrogen) atoms. The number of rotatable bonds is 3. The zero-order valence-electron chi connectivity index (χ0n) is 16.0. The van der Waals surface area contributed by atoms with Gasteiger partial charge in [0, 0.05) is 19.0 Å². The summed E-state index contributed by atoms with van der Waals surface area (Å²) in [6.07, 6.45) is 1.81. The van der Waals surface area contributed by atoms with Crippen molar-refractivity contribution < 1.29 is 9.59 Å². The number of amidine groups is 1. The lowest BCUT2D eigenvalue weighted by Gasteiger charge is -2.34. The maximum atomic E-state index is 13.0. The van der Waals surface area contributed by atoms with Crippen molar-refractivity contribution >= 4 is 23.3 Å². The van der Waals surface area contributed by atoms with Crippen LogP contribution in [0.4, 0.5) is 5.69 Å². The van der Waals surface area contributed by atoms with Gasteiger partial charge in [-0.1, -0.05) is 17.7 Å². The molecule has 2 aliphatic rings. The summed E-state index contributed by atoms with van der Waals surface area (Å²) in [5.41, 5.74) is 4.68. The Kier molecular flexibility index (Phi) is 4.81. The van der Waals surface area contributed by atoms with Crippen LogP contribution in [0, 0.1) is 13.8 Å². The molecule has 0 aliphatic carbocycles. The number of piperidine rings is 1. The molecule has 9 heteroatoms. The van der Waals surface area contributed by atoms with E-state index < -0.39 is 0 Å². The van der Waals surface area contributed by atoms with E-state index in [1.165, 1.54) is 5.01 Å². The SMILES string of the molecule is Cc1ccc(N2NC(C(=O)N3CCCC(c4n[nH]c(C)n4)C3)=NCC2=O)cc1. The first-order valence-electron chi connectivity index (χ1n) is 9.40. The molecule has 3 heterocycles. The van der Waals surface area contributed by atoms with E-state index in [1.807, 2.05) is 38.1 Å². The first kappa shape index (κ1) is 18.1. The molecule has 0 spiro atoms. The summed E-state index contributed by atoms with van der Waals surface area (Å²) >= 11 is 0. The van der Waals surface area contributed by atoms with Crippen LogP contribution in [0.15, 0.2) is 29.3 Å². The number of carbonyl (C=O) groups excluding carboxylic acids is 2. The molecular weight excluding hydrogens is 358 g/mol. The number of H-pyrrole nitrogens is 1. The van der Waals surface area contributed by atoms with Gasteiger partial charge >= 0.3 is 0 Å². The van der Waals surface area contributed by atoms with Crippen LogP contribution in [0.3, 0.4) is 0 Å². The fourth-order valence-corrected chi connectivity index (χ4v) is 3.50. The highest BCUT2D eigenvalue weighted by Crippen LogP contribution is 2.25. The van der Waals surface area contributed by atoms with Crippen LogP contribution in [0.1, 0.15) is 36.0 Å². The number of benzene rings is 1. The highest BCUT2D eigenvalue weighted by molar-refractivity contribution is 6.39. The van der Waals surface area contributed by atoms with Crippen molar-refractivity contribution in [1.29, 1.82) is 0 Å².